The molecule has 11 heteroatoms. The third kappa shape index (κ3) is 1.77. The third-order valence-corrected chi connectivity index (χ3v) is 1.55. The van der Waals surface area contributed by atoms with E-state index in [9.17, 15) is 39.5 Å². The molecule has 0 saturated carbocycles. The summed E-state index contributed by atoms with van der Waals surface area (Å²) in [5, 5.41) is 0. The van der Waals surface area contributed by atoms with Crippen molar-refractivity contribution in [2.45, 2.75) is 18.2 Å². The van der Waals surface area contributed by atoms with E-state index in [0.29, 0.717) is 0 Å². The SMILES string of the molecule is N[B-](C(F)(F)F)(C(F)(F)F)C(F)(F)F. The number of nitrogens with two attached hydrogens (primary N) is 1. The van der Waals surface area contributed by atoms with Crippen LogP contribution < -0.4 is 5.64 Å². The molecule has 0 aromatic carbocycles. The van der Waals surface area contributed by atoms with Gasteiger partial charge in [0.15, 0.2) is 0 Å². The Balaban J connectivity index is 5.54. The minimum atomic E-state index is -6.94. The van der Waals surface area contributed by atoms with Crippen molar-refractivity contribution in [1.29, 1.82) is 0 Å². The zero-order chi connectivity index (χ0) is 12.0. The van der Waals surface area contributed by atoms with E-state index >= 15 is 0 Å². The van der Waals surface area contributed by atoms with Crippen molar-refractivity contribution >= 4 is 6.28 Å². The van der Waals surface area contributed by atoms with Crippen LogP contribution in [-0.4, -0.2) is 24.5 Å². The molecule has 0 fully saturated rings. The summed E-state index contributed by atoms with van der Waals surface area (Å²) in [6, 6.07) is 0. The molecule has 0 aromatic heterocycles. The molecule has 0 aliphatic carbocycles. The fourth-order valence-corrected chi connectivity index (χ4v) is 0.557. The topological polar surface area (TPSA) is 26.0 Å². The highest BCUT2D eigenvalue weighted by Crippen LogP contribution is 2.46. The Kier molecular flexibility index (Phi) is 2.81. The van der Waals surface area contributed by atoms with Crippen molar-refractivity contribution in [2.75, 3.05) is 0 Å². The average Bonchev–Trinajstić information content (AvgIpc) is 1.77. The molecular formula is C3H2BF9N-. The van der Waals surface area contributed by atoms with E-state index in [1.54, 1.807) is 0 Å². The molecule has 14 heavy (non-hydrogen) atoms. The van der Waals surface area contributed by atoms with E-state index in [0.717, 1.165) is 0 Å². The predicted octanol–water partition coefficient (Wildman–Crippen LogP) is 2.20. The maximum Gasteiger partial charge on any atom is 0.400 e. The smallest absolute Gasteiger partial charge is 0.400 e. The van der Waals surface area contributed by atoms with Crippen LogP contribution in [0.1, 0.15) is 0 Å². The number of alkyl halides is 9. The molecule has 0 heterocycles. The van der Waals surface area contributed by atoms with Crippen LogP contribution in [0.4, 0.5) is 39.5 Å². The first-order chi connectivity index (χ1) is 5.75. The molecule has 0 spiro atoms. The van der Waals surface area contributed by atoms with Gasteiger partial charge in [-0.25, -0.2) is 39.5 Å². The summed E-state index contributed by atoms with van der Waals surface area (Å²) in [5.41, 5.74) is 3.42. The first-order valence-corrected chi connectivity index (χ1v) is 2.90. The second kappa shape index (κ2) is 2.94. The molecule has 0 saturated heterocycles. The highest BCUT2D eigenvalue weighted by molar-refractivity contribution is 6.82. The van der Waals surface area contributed by atoms with Gasteiger partial charge in [-0.1, -0.05) is 0 Å². The lowest BCUT2D eigenvalue weighted by Gasteiger charge is -2.40. The molecule has 0 atom stereocenters. The molecule has 0 amide bonds. The molecule has 1 nitrogen and oxygen atoms in total. The number of hydrogen-bond donors (Lipinski definition) is 1. The summed E-state index contributed by atoms with van der Waals surface area (Å²) in [6.07, 6.45) is -26.7. The number of hydrogen-bond acceptors (Lipinski definition) is 1. The van der Waals surface area contributed by atoms with E-state index in [1.165, 1.54) is 0 Å². The van der Waals surface area contributed by atoms with Gasteiger partial charge in [-0.05, 0) is 0 Å². The van der Waals surface area contributed by atoms with Crippen LogP contribution in [0.25, 0.3) is 0 Å². The van der Waals surface area contributed by atoms with Gasteiger partial charge < -0.3 is 5.64 Å². The zero-order valence-corrected chi connectivity index (χ0v) is 6.06. The fourth-order valence-electron chi connectivity index (χ4n) is 0.557. The van der Waals surface area contributed by atoms with Crippen LogP contribution in [0, 0.1) is 0 Å². The van der Waals surface area contributed by atoms with Gasteiger partial charge in [-0.2, -0.15) is 0 Å². The Bertz CT molecular complexity index is 174. The molecule has 2 N–H and O–H groups in total. The van der Waals surface area contributed by atoms with Crippen molar-refractivity contribution in [3.8, 4) is 0 Å². The minimum absolute atomic E-state index is 3.42. The number of rotatable bonds is 0. The Morgan fingerprint density at radius 2 is 0.714 bits per heavy atom. The van der Waals surface area contributed by atoms with Gasteiger partial charge in [-0.15, -0.1) is 0 Å². The Morgan fingerprint density at radius 3 is 0.714 bits per heavy atom. The van der Waals surface area contributed by atoms with Crippen LogP contribution in [0.15, 0.2) is 0 Å². The quantitative estimate of drug-likeness (QED) is 0.504. The highest BCUT2D eigenvalue weighted by Gasteiger charge is 2.77. The van der Waals surface area contributed by atoms with Crippen LogP contribution in [0.5, 0.6) is 0 Å². The van der Waals surface area contributed by atoms with E-state index in [1.807, 2.05) is 0 Å². The largest absolute Gasteiger partial charge is 0.481 e. The van der Waals surface area contributed by atoms with Gasteiger partial charge in [0, 0.05) is 0 Å². The third-order valence-electron chi connectivity index (χ3n) is 1.55. The lowest BCUT2D eigenvalue weighted by molar-refractivity contribution is -0.164. The Hall–Kier alpha value is -0.605. The summed E-state index contributed by atoms with van der Waals surface area (Å²) in [4.78, 5) is 0. The summed E-state index contributed by atoms with van der Waals surface area (Å²) >= 11 is 0. The van der Waals surface area contributed by atoms with Crippen molar-refractivity contribution in [3.63, 3.8) is 0 Å². The molecule has 0 rings (SSSR count). The van der Waals surface area contributed by atoms with Crippen LogP contribution in [-0.2, 0) is 0 Å². The van der Waals surface area contributed by atoms with E-state index in [4.69, 9.17) is 0 Å². The van der Waals surface area contributed by atoms with Gasteiger partial charge >= 0.3 is 6.28 Å². The molecule has 0 aromatic rings. The van der Waals surface area contributed by atoms with Crippen molar-refractivity contribution in [3.05, 3.63) is 0 Å². The van der Waals surface area contributed by atoms with E-state index in [2.05, 4.69) is 5.64 Å². The van der Waals surface area contributed by atoms with Gasteiger partial charge in [-0.3, -0.25) is 0 Å². The van der Waals surface area contributed by atoms with Gasteiger partial charge in [0.1, 0.15) is 0 Å². The van der Waals surface area contributed by atoms with Crippen LogP contribution >= 0.6 is 0 Å². The molecule has 0 radical (unpaired) electrons. The normalized spacial score (nSPS) is 15.9. The second-order valence-electron chi connectivity index (χ2n) is 2.56. The first kappa shape index (κ1) is 13.4. The lowest BCUT2D eigenvalue weighted by Crippen LogP contribution is -2.78. The first-order valence-electron chi connectivity index (χ1n) is 2.90. The lowest BCUT2D eigenvalue weighted by atomic mass is 9.33. The predicted molar refractivity (Wildman–Crippen MR) is 28.1 cm³/mol. The molecule has 86 valence electrons. The maximum atomic E-state index is 11.6. The molecule has 0 bridgehead atoms. The summed E-state index contributed by atoms with van der Waals surface area (Å²) < 4.78 is 104. The summed E-state index contributed by atoms with van der Waals surface area (Å²) in [7, 11) is 0. The highest BCUT2D eigenvalue weighted by atomic mass is 19.4. The zero-order valence-electron chi connectivity index (χ0n) is 6.06. The van der Waals surface area contributed by atoms with Crippen molar-refractivity contribution < 1.29 is 39.5 Å². The van der Waals surface area contributed by atoms with Crippen molar-refractivity contribution in [1.82, 2.24) is 0 Å². The molecule has 0 aliphatic rings. The summed E-state index contributed by atoms with van der Waals surface area (Å²) in [6.45, 7) is 0. The molecular weight excluding hydrogens is 232 g/mol. The molecule has 0 aliphatic heterocycles. The summed E-state index contributed by atoms with van der Waals surface area (Å²) in [5.74, 6) is 0. The van der Waals surface area contributed by atoms with Crippen LogP contribution in [0.3, 0.4) is 0 Å². The Morgan fingerprint density at radius 1 is 0.571 bits per heavy atom. The van der Waals surface area contributed by atoms with E-state index in [-0.39, 0.29) is 0 Å². The minimum Gasteiger partial charge on any atom is -0.481 e. The number of halogens is 9. The Labute approximate surface area is 71.0 Å². The average molecular weight is 234 g/mol. The molecule has 0 unspecified atom stereocenters. The second-order valence-corrected chi connectivity index (χ2v) is 2.56. The van der Waals surface area contributed by atoms with Gasteiger partial charge in [0.25, 0.3) is 18.2 Å². The van der Waals surface area contributed by atoms with Gasteiger partial charge in [0.05, 0.1) is 0 Å². The maximum absolute atomic E-state index is 11.6. The fraction of sp³-hybridized carbons (Fsp3) is 1.00. The van der Waals surface area contributed by atoms with Crippen molar-refractivity contribution in [2.24, 2.45) is 5.64 Å². The van der Waals surface area contributed by atoms with E-state index < -0.39 is 24.5 Å². The van der Waals surface area contributed by atoms with Gasteiger partial charge in [0.2, 0.25) is 0 Å². The van der Waals surface area contributed by atoms with Crippen LogP contribution in [0.2, 0.25) is 0 Å². The standard InChI is InChI=1S/C3H2BF9N/c5-1(6,7)4(14,2(8,9)10)3(11,12)13/h14H2/q-1. The monoisotopic (exact) mass is 234 g/mol.